The summed E-state index contributed by atoms with van der Waals surface area (Å²) in [6.45, 7) is 8.10. The summed E-state index contributed by atoms with van der Waals surface area (Å²) in [7, 11) is 1.69. The Bertz CT molecular complexity index is 545. The van der Waals surface area contributed by atoms with Crippen LogP contribution in [0.2, 0.25) is 0 Å². The molecule has 1 N–H and O–H groups in total. The van der Waals surface area contributed by atoms with Gasteiger partial charge in [-0.3, -0.25) is 0 Å². The third-order valence-electron chi connectivity index (χ3n) is 3.69. The van der Waals surface area contributed by atoms with Crippen LogP contribution in [0.3, 0.4) is 0 Å². The highest BCUT2D eigenvalue weighted by Crippen LogP contribution is 2.20. The number of aryl methyl sites for hydroxylation is 1. The van der Waals surface area contributed by atoms with Crippen LogP contribution in [0.5, 0.6) is 5.75 Å². The van der Waals surface area contributed by atoms with Crippen LogP contribution in [0, 0.1) is 13.8 Å². The molecule has 0 aliphatic heterocycles. The average molecular weight is 273 g/mol. The number of benzene rings is 1. The summed E-state index contributed by atoms with van der Waals surface area (Å²) in [6.07, 6.45) is 1.92. The fourth-order valence-corrected chi connectivity index (χ4v) is 2.30. The molecular formula is C16H23N3O. The van der Waals surface area contributed by atoms with Gasteiger partial charge in [-0.2, -0.15) is 0 Å². The standard InChI is InChI=1S/C16H23N3O/c1-5-17-16(10-19-11-18-12(2)13(19)3)14-6-8-15(20-4)9-7-14/h6-9,11,16-17H,5,10H2,1-4H3. The first-order chi connectivity index (χ1) is 9.65. The van der Waals surface area contributed by atoms with Gasteiger partial charge in [0.2, 0.25) is 0 Å². The lowest BCUT2D eigenvalue weighted by Gasteiger charge is -2.20. The molecular weight excluding hydrogens is 250 g/mol. The third kappa shape index (κ3) is 3.20. The van der Waals surface area contributed by atoms with Gasteiger partial charge in [0.25, 0.3) is 0 Å². The van der Waals surface area contributed by atoms with E-state index in [-0.39, 0.29) is 6.04 Å². The molecule has 1 aromatic heterocycles. The Morgan fingerprint density at radius 1 is 1.25 bits per heavy atom. The van der Waals surface area contributed by atoms with E-state index in [1.165, 1.54) is 11.3 Å². The maximum absolute atomic E-state index is 5.21. The zero-order valence-electron chi connectivity index (χ0n) is 12.7. The lowest BCUT2D eigenvalue weighted by atomic mass is 10.1. The normalized spacial score (nSPS) is 12.4. The van der Waals surface area contributed by atoms with Crippen LogP contribution >= 0.6 is 0 Å². The molecule has 0 aliphatic carbocycles. The van der Waals surface area contributed by atoms with E-state index >= 15 is 0 Å². The quantitative estimate of drug-likeness (QED) is 0.879. The maximum Gasteiger partial charge on any atom is 0.118 e. The van der Waals surface area contributed by atoms with Crippen LogP contribution in [0.25, 0.3) is 0 Å². The van der Waals surface area contributed by atoms with Gasteiger partial charge in [-0.05, 0) is 38.1 Å². The van der Waals surface area contributed by atoms with Gasteiger partial charge in [0.05, 0.1) is 25.2 Å². The lowest BCUT2D eigenvalue weighted by Crippen LogP contribution is -2.25. The van der Waals surface area contributed by atoms with Crippen LogP contribution in [-0.4, -0.2) is 23.2 Å². The molecule has 0 aliphatic rings. The second-order valence-corrected chi connectivity index (χ2v) is 4.95. The van der Waals surface area contributed by atoms with Gasteiger partial charge in [0.1, 0.15) is 5.75 Å². The van der Waals surface area contributed by atoms with Crippen LogP contribution < -0.4 is 10.1 Å². The minimum Gasteiger partial charge on any atom is -0.497 e. The topological polar surface area (TPSA) is 39.1 Å². The Labute approximate surface area is 120 Å². The second-order valence-electron chi connectivity index (χ2n) is 4.95. The van der Waals surface area contributed by atoms with Crippen LogP contribution in [0.4, 0.5) is 0 Å². The fraction of sp³-hybridized carbons (Fsp3) is 0.438. The number of nitrogens with one attached hydrogen (secondary N) is 1. The predicted molar refractivity (Wildman–Crippen MR) is 81.1 cm³/mol. The summed E-state index contributed by atoms with van der Waals surface area (Å²) in [5.74, 6) is 0.888. The van der Waals surface area contributed by atoms with Gasteiger partial charge in [0.15, 0.2) is 0 Å². The highest BCUT2D eigenvalue weighted by atomic mass is 16.5. The first-order valence-corrected chi connectivity index (χ1v) is 7.01. The van der Waals surface area contributed by atoms with Crippen molar-refractivity contribution in [3.63, 3.8) is 0 Å². The van der Waals surface area contributed by atoms with Gasteiger partial charge < -0.3 is 14.6 Å². The molecule has 0 spiro atoms. The van der Waals surface area contributed by atoms with Gasteiger partial charge in [-0.25, -0.2) is 4.98 Å². The molecule has 0 saturated heterocycles. The second kappa shape index (κ2) is 6.57. The Morgan fingerprint density at radius 3 is 2.45 bits per heavy atom. The van der Waals surface area contributed by atoms with E-state index in [0.29, 0.717) is 0 Å². The molecule has 2 rings (SSSR count). The molecule has 0 fully saturated rings. The summed E-state index contributed by atoms with van der Waals surface area (Å²) < 4.78 is 7.42. The number of hydrogen-bond acceptors (Lipinski definition) is 3. The van der Waals surface area contributed by atoms with Gasteiger partial charge in [0, 0.05) is 12.2 Å². The van der Waals surface area contributed by atoms with Crippen molar-refractivity contribution in [2.24, 2.45) is 0 Å². The van der Waals surface area contributed by atoms with Gasteiger partial charge in [-0.15, -0.1) is 0 Å². The van der Waals surface area contributed by atoms with Crippen molar-refractivity contribution in [2.45, 2.75) is 33.4 Å². The molecule has 0 radical (unpaired) electrons. The van der Waals surface area contributed by atoms with Crippen molar-refractivity contribution in [3.05, 3.63) is 47.5 Å². The van der Waals surface area contributed by atoms with Crippen molar-refractivity contribution in [1.82, 2.24) is 14.9 Å². The van der Waals surface area contributed by atoms with Crippen molar-refractivity contribution >= 4 is 0 Å². The highest BCUT2D eigenvalue weighted by Gasteiger charge is 2.13. The van der Waals surface area contributed by atoms with Crippen LogP contribution in [0.15, 0.2) is 30.6 Å². The molecule has 4 heteroatoms. The van der Waals surface area contributed by atoms with E-state index < -0.39 is 0 Å². The number of rotatable bonds is 6. The molecule has 0 amide bonds. The summed E-state index contributed by atoms with van der Waals surface area (Å²) in [6, 6.07) is 8.52. The number of likely N-dealkylation sites (N-methyl/N-ethyl adjacent to an activating group) is 1. The molecule has 1 unspecified atom stereocenters. The number of nitrogens with zero attached hydrogens (tertiary/aromatic N) is 2. The monoisotopic (exact) mass is 273 g/mol. The highest BCUT2D eigenvalue weighted by molar-refractivity contribution is 5.29. The van der Waals surface area contributed by atoms with E-state index in [9.17, 15) is 0 Å². The molecule has 0 bridgehead atoms. The number of hydrogen-bond donors (Lipinski definition) is 1. The first kappa shape index (κ1) is 14.6. The van der Waals surface area contributed by atoms with Crippen molar-refractivity contribution < 1.29 is 4.74 Å². The SMILES string of the molecule is CCNC(Cn1cnc(C)c1C)c1ccc(OC)cc1. The molecule has 1 heterocycles. The van der Waals surface area contributed by atoms with E-state index in [0.717, 1.165) is 24.5 Å². The predicted octanol–water partition coefficient (Wildman–Crippen LogP) is 2.86. The largest absolute Gasteiger partial charge is 0.497 e. The summed E-state index contributed by atoms with van der Waals surface area (Å²) in [5.41, 5.74) is 3.58. The average Bonchev–Trinajstić information content (AvgIpc) is 2.79. The number of ether oxygens (including phenoxy) is 1. The van der Waals surface area contributed by atoms with E-state index in [1.54, 1.807) is 7.11 Å². The van der Waals surface area contributed by atoms with Crippen LogP contribution in [0.1, 0.15) is 29.9 Å². The number of imidazole rings is 1. The molecule has 0 saturated carbocycles. The van der Waals surface area contributed by atoms with Gasteiger partial charge in [-0.1, -0.05) is 19.1 Å². The fourth-order valence-electron chi connectivity index (χ4n) is 2.30. The van der Waals surface area contributed by atoms with E-state index in [1.807, 2.05) is 25.4 Å². The van der Waals surface area contributed by atoms with Crippen molar-refractivity contribution in [3.8, 4) is 5.75 Å². The number of aromatic nitrogens is 2. The number of methoxy groups -OCH3 is 1. The minimum atomic E-state index is 0.276. The van der Waals surface area contributed by atoms with Crippen LogP contribution in [-0.2, 0) is 6.54 Å². The zero-order valence-corrected chi connectivity index (χ0v) is 12.7. The zero-order chi connectivity index (χ0) is 14.5. The molecule has 4 nitrogen and oxygen atoms in total. The summed E-state index contributed by atoms with van der Waals surface area (Å²) in [4.78, 5) is 4.37. The molecule has 108 valence electrons. The molecule has 1 aromatic carbocycles. The Hall–Kier alpha value is -1.81. The van der Waals surface area contributed by atoms with Crippen molar-refractivity contribution in [2.75, 3.05) is 13.7 Å². The van der Waals surface area contributed by atoms with Gasteiger partial charge >= 0.3 is 0 Å². The maximum atomic E-state index is 5.21. The summed E-state index contributed by atoms with van der Waals surface area (Å²) >= 11 is 0. The molecule has 2 aromatic rings. The first-order valence-electron chi connectivity index (χ1n) is 7.01. The Balaban J connectivity index is 2.19. The third-order valence-corrected chi connectivity index (χ3v) is 3.69. The Kier molecular flexibility index (Phi) is 4.79. The summed E-state index contributed by atoms with van der Waals surface area (Å²) in [5, 5.41) is 3.53. The smallest absolute Gasteiger partial charge is 0.118 e. The van der Waals surface area contributed by atoms with E-state index in [4.69, 9.17) is 4.74 Å². The molecule has 1 atom stereocenters. The Morgan fingerprint density at radius 2 is 1.95 bits per heavy atom. The van der Waals surface area contributed by atoms with E-state index in [2.05, 4.69) is 40.8 Å². The molecule has 20 heavy (non-hydrogen) atoms. The van der Waals surface area contributed by atoms with Crippen molar-refractivity contribution in [1.29, 1.82) is 0 Å². The lowest BCUT2D eigenvalue weighted by molar-refractivity contribution is 0.413. The minimum absolute atomic E-state index is 0.276.